The van der Waals surface area contributed by atoms with Gasteiger partial charge in [0.05, 0.1) is 17.5 Å². The molecule has 6 aromatic rings. The van der Waals surface area contributed by atoms with Crippen LogP contribution in [0.5, 0.6) is 5.88 Å². The van der Waals surface area contributed by atoms with Gasteiger partial charge >= 0.3 is 5.97 Å². The maximum Gasteiger partial charge on any atom is 0.352 e. The van der Waals surface area contributed by atoms with Crippen LogP contribution < -0.4 is 0 Å². The minimum atomic E-state index is -1.12. The van der Waals surface area contributed by atoms with Gasteiger partial charge in [-0.15, -0.1) is 0 Å². The van der Waals surface area contributed by atoms with Crippen LogP contribution in [0.15, 0.2) is 59.3 Å². The molecule has 0 bridgehead atoms. The first-order chi connectivity index (χ1) is 17.3. The molecule has 6 rings (SSSR count). The SMILES string of the molecule is CC(C)c1c(-c2cc(F)cc3[nH]ccc23)[nH]c(C(=O)O)c1-c1cccc2[nH]c(-c3cc(O)no3)cc12. The van der Waals surface area contributed by atoms with E-state index in [1.54, 1.807) is 6.20 Å². The highest BCUT2D eigenvalue weighted by molar-refractivity contribution is 6.07. The van der Waals surface area contributed by atoms with Crippen molar-refractivity contribution in [2.45, 2.75) is 19.8 Å². The number of nitrogens with zero attached hydrogens (tertiary/aromatic N) is 1. The Morgan fingerprint density at radius 2 is 1.86 bits per heavy atom. The van der Waals surface area contributed by atoms with Gasteiger partial charge in [0.15, 0.2) is 5.76 Å². The Labute approximate surface area is 203 Å². The third-order valence-electron chi connectivity index (χ3n) is 6.43. The van der Waals surface area contributed by atoms with Crippen molar-refractivity contribution in [3.63, 3.8) is 0 Å². The molecule has 4 aromatic heterocycles. The molecule has 0 aliphatic rings. The average Bonchev–Trinajstić information content (AvgIpc) is 3.61. The Morgan fingerprint density at radius 1 is 1.03 bits per heavy atom. The lowest BCUT2D eigenvalue weighted by molar-refractivity contribution is 0.0692. The standard InChI is InChI=1S/C27H21FN4O4/c1-12(2)23-24(15-4-3-5-18-16(15)10-20(30-18)21-11-22(33)32-36-21)26(27(34)35)31-25(23)17-8-13(28)9-19-14(17)6-7-29-19/h3-12,29-31H,1-2H3,(H,32,33)(H,34,35). The van der Waals surface area contributed by atoms with E-state index in [0.717, 1.165) is 21.9 Å². The second-order valence-electron chi connectivity index (χ2n) is 9.01. The first kappa shape index (κ1) is 21.7. The van der Waals surface area contributed by atoms with Crippen LogP contribution in [-0.2, 0) is 0 Å². The highest BCUT2D eigenvalue weighted by atomic mass is 19.1. The minimum Gasteiger partial charge on any atom is -0.491 e. The number of nitrogens with one attached hydrogen (secondary N) is 3. The number of fused-ring (bicyclic) bond motifs is 2. The van der Waals surface area contributed by atoms with Crippen LogP contribution in [0, 0.1) is 5.82 Å². The maximum absolute atomic E-state index is 14.6. The highest BCUT2D eigenvalue weighted by Gasteiger charge is 2.28. The number of H-pyrrole nitrogens is 3. The van der Waals surface area contributed by atoms with Gasteiger partial charge in [-0.2, -0.15) is 0 Å². The van der Waals surface area contributed by atoms with Crippen molar-refractivity contribution in [1.82, 2.24) is 20.1 Å². The van der Waals surface area contributed by atoms with Gasteiger partial charge in [-0.25, -0.2) is 9.18 Å². The normalized spacial score (nSPS) is 11.8. The zero-order valence-electron chi connectivity index (χ0n) is 19.3. The Kier molecular flexibility index (Phi) is 4.75. The minimum absolute atomic E-state index is 0.0224. The van der Waals surface area contributed by atoms with E-state index in [-0.39, 0.29) is 17.5 Å². The van der Waals surface area contributed by atoms with E-state index in [9.17, 15) is 19.4 Å². The number of aromatic carboxylic acids is 1. The predicted octanol–water partition coefficient (Wildman–Crippen LogP) is 6.63. The summed E-state index contributed by atoms with van der Waals surface area (Å²) in [7, 11) is 0. The third-order valence-corrected chi connectivity index (χ3v) is 6.43. The summed E-state index contributed by atoms with van der Waals surface area (Å²) in [6.45, 7) is 3.96. The molecule has 8 nitrogen and oxygen atoms in total. The second kappa shape index (κ2) is 7.88. The number of carboxylic acid groups (broad SMARTS) is 1. The molecule has 0 aliphatic carbocycles. The summed E-state index contributed by atoms with van der Waals surface area (Å²) in [4.78, 5) is 21.9. The summed E-state index contributed by atoms with van der Waals surface area (Å²) in [5.74, 6) is -1.51. The largest absolute Gasteiger partial charge is 0.491 e. The van der Waals surface area contributed by atoms with Crippen LogP contribution >= 0.6 is 0 Å². The van der Waals surface area contributed by atoms with E-state index >= 15 is 0 Å². The van der Waals surface area contributed by atoms with Gasteiger partial charge in [0.2, 0.25) is 0 Å². The van der Waals surface area contributed by atoms with Crippen molar-refractivity contribution >= 4 is 27.8 Å². The Morgan fingerprint density at radius 3 is 2.58 bits per heavy atom. The number of halogens is 1. The van der Waals surface area contributed by atoms with Crippen molar-refractivity contribution in [2.75, 3.05) is 0 Å². The number of carbonyl (C=O) groups is 1. The predicted molar refractivity (Wildman–Crippen MR) is 134 cm³/mol. The number of hydrogen-bond donors (Lipinski definition) is 5. The van der Waals surface area contributed by atoms with Crippen LogP contribution in [0.2, 0.25) is 0 Å². The number of benzene rings is 2. The summed E-state index contributed by atoms with van der Waals surface area (Å²) >= 11 is 0. The molecular weight excluding hydrogens is 463 g/mol. The van der Waals surface area contributed by atoms with Crippen LogP contribution in [-0.4, -0.2) is 36.3 Å². The topological polar surface area (TPSA) is 131 Å². The zero-order chi connectivity index (χ0) is 25.1. The van der Waals surface area contributed by atoms with Gasteiger partial charge in [0, 0.05) is 39.1 Å². The average molecular weight is 484 g/mol. The fraction of sp³-hybridized carbons (Fsp3) is 0.111. The lowest BCUT2D eigenvalue weighted by Crippen LogP contribution is -2.00. The molecule has 9 heteroatoms. The van der Waals surface area contributed by atoms with Crippen LogP contribution in [0.1, 0.15) is 35.8 Å². The number of aromatic amines is 3. The van der Waals surface area contributed by atoms with Crippen LogP contribution in [0.25, 0.3) is 55.6 Å². The first-order valence-electron chi connectivity index (χ1n) is 11.4. The summed E-state index contributed by atoms with van der Waals surface area (Å²) in [5, 5.41) is 24.9. The molecule has 4 heterocycles. The summed E-state index contributed by atoms with van der Waals surface area (Å²) in [6, 6.07) is 13.5. The molecule has 0 amide bonds. The molecule has 0 aliphatic heterocycles. The van der Waals surface area contributed by atoms with Crippen molar-refractivity contribution in [3.8, 4) is 39.7 Å². The molecular formula is C27H21FN4O4. The lowest BCUT2D eigenvalue weighted by atomic mass is 9.89. The Hall–Kier alpha value is -4.79. The molecule has 5 N–H and O–H groups in total. The van der Waals surface area contributed by atoms with E-state index in [4.69, 9.17) is 4.52 Å². The van der Waals surface area contributed by atoms with Gasteiger partial charge in [0.25, 0.3) is 5.88 Å². The van der Waals surface area contributed by atoms with Gasteiger partial charge in [0.1, 0.15) is 11.5 Å². The number of hydrogen-bond acceptors (Lipinski definition) is 4. The van der Waals surface area contributed by atoms with E-state index in [0.29, 0.717) is 39.4 Å². The van der Waals surface area contributed by atoms with Crippen molar-refractivity contribution in [2.24, 2.45) is 0 Å². The Balaban J connectivity index is 1.66. The molecule has 0 unspecified atom stereocenters. The quantitative estimate of drug-likeness (QED) is 0.187. The number of aromatic hydroxyl groups is 1. The number of rotatable bonds is 5. The van der Waals surface area contributed by atoms with Crippen molar-refractivity contribution in [3.05, 3.63) is 71.8 Å². The van der Waals surface area contributed by atoms with E-state index in [1.807, 2.05) is 44.2 Å². The molecule has 0 saturated heterocycles. The van der Waals surface area contributed by atoms with Gasteiger partial charge in [-0.1, -0.05) is 26.0 Å². The summed E-state index contributed by atoms with van der Waals surface area (Å²) < 4.78 is 19.8. The van der Waals surface area contributed by atoms with Gasteiger partial charge < -0.3 is 29.7 Å². The molecule has 0 spiro atoms. The lowest BCUT2D eigenvalue weighted by Gasteiger charge is -2.13. The molecule has 0 saturated carbocycles. The zero-order valence-corrected chi connectivity index (χ0v) is 19.3. The van der Waals surface area contributed by atoms with Crippen LogP contribution in [0.3, 0.4) is 0 Å². The number of carboxylic acids is 1. The van der Waals surface area contributed by atoms with Gasteiger partial charge in [-0.3, -0.25) is 0 Å². The third kappa shape index (κ3) is 3.28. The monoisotopic (exact) mass is 484 g/mol. The number of aromatic nitrogens is 4. The molecule has 0 atom stereocenters. The summed E-state index contributed by atoms with van der Waals surface area (Å²) in [5.41, 5.74) is 5.15. The molecule has 180 valence electrons. The van der Waals surface area contributed by atoms with Gasteiger partial charge in [-0.05, 0) is 52.5 Å². The first-order valence-corrected chi connectivity index (χ1v) is 11.4. The van der Waals surface area contributed by atoms with Crippen molar-refractivity contribution in [1.29, 1.82) is 0 Å². The van der Waals surface area contributed by atoms with E-state index < -0.39 is 11.8 Å². The van der Waals surface area contributed by atoms with Crippen LogP contribution in [0.4, 0.5) is 4.39 Å². The van der Waals surface area contributed by atoms with E-state index in [2.05, 4.69) is 20.1 Å². The fourth-order valence-electron chi connectivity index (χ4n) is 4.98. The van der Waals surface area contributed by atoms with Crippen molar-refractivity contribution < 1.29 is 23.9 Å². The maximum atomic E-state index is 14.6. The van der Waals surface area contributed by atoms with E-state index in [1.165, 1.54) is 18.2 Å². The molecule has 36 heavy (non-hydrogen) atoms. The Bertz CT molecular complexity index is 1790. The summed E-state index contributed by atoms with van der Waals surface area (Å²) in [6.07, 6.45) is 1.73. The fourth-order valence-corrected chi connectivity index (χ4v) is 4.98. The second-order valence-corrected chi connectivity index (χ2v) is 9.01. The molecule has 0 fully saturated rings. The molecule has 0 radical (unpaired) electrons. The molecule has 2 aromatic carbocycles. The highest BCUT2D eigenvalue weighted by Crippen LogP contribution is 2.44. The smallest absolute Gasteiger partial charge is 0.352 e.